The molecule has 0 aliphatic rings. The number of nitrogens with two attached hydrogens (primary N) is 2. The Labute approximate surface area is 173 Å². The normalized spacial score (nSPS) is 11.4. The number of hydrogen-bond donors (Lipinski definition) is 4. The van der Waals surface area contributed by atoms with Crippen molar-refractivity contribution in [2.45, 2.75) is 13.8 Å². The minimum absolute atomic E-state index is 0.0987. The lowest BCUT2D eigenvalue weighted by atomic mass is 10.1. The lowest BCUT2D eigenvalue weighted by Crippen LogP contribution is -2.26. The van der Waals surface area contributed by atoms with Crippen LogP contribution in [0, 0.1) is 13.8 Å². The molecule has 0 radical (unpaired) electrons. The molecule has 0 aliphatic carbocycles. The summed E-state index contributed by atoms with van der Waals surface area (Å²) >= 11 is 0. The van der Waals surface area contributed by atoms with Crippen molar-refractivity contribution in [3.63, 3.8) is 0 Å². The zero-order chi connectivity index (χ0) is 22.0. The first-order valence-electron chi connectivity index (χ1n) is 9.06. The summed E-state index contributed by atoms with van der Waals surface area (Å²) in [6.45, 7) is 3.78. The first-order valence-corrected chi connectivity index (χ1v) is 9.06. The third-order valence-corrected chi connectivity index (χ3v) is 4.74. The van der Waals surface area contributed by atoms with Crippen molar-refractivity contribution in [3.8, 4) is 5.69 Å². The molecule has 3 aromatic rings. The van der Waals surface area contributed by atoms with Crippen LogP contribution in [-0.2, 0) is 0 Å². The molecule has 0 aliphatic heterocycles. The number of benzene rings is 2. The van der Waals surface area contributed by atoms with Gasteiger partial charge in [-0.2, -0.15) is 0 Å². The van der Waals surface area contributed by atoms with Crippen LogP contribution in [0.2, 0.25) is 0 Å². The number of anilines is 1. The SMILES string of the molecule is Cc1ccc(C)n1-c1cc(/C(N)=C/N(N)c2cccc(C(=O)O)c2)ccc1C(=O)O. The topological polar surface area (TPSA) is 135 Å². The van der Waals surface area contributed by atoms with Crippen LogP contribution in [0.15, 0.2) is 60.8 Å². The number of carboxylic acids is 2. The van der Waals surface area contributed by atoms with E-state index in [1.54, 1.807) is 24.3 Å². The minimum Gasteiger partial charge on any atom is -0.478 e. The fourth-order valence-electron chi connectivity index (χ4n) is 3.22. The molecule has 1 aromatic heterocycles. The highest BCUT2D eigenvalue weighted by Crippen LogP contribution is 2.25. The van der Waals surface area contributed by atoms with Gasteiger partial charge in [0.2, 0.25) is 0 Å². The van der Waals surface area contributed by atoms with E-state index in [-0.39, 0.29) is 11.1 Å². The van der Waals surface area contributed by atoms with Gasteiger partial charge in [0.1, 0.15) is 0 Å². The zero-order valence-corrected chi connectivity index (χ0v) is 16.5. The molecule has 1 heterocycles. The molecular weight excluding hydrogens is 384 g/mol. The maximum absolute atomic E-state index is 11.7. The fraction of sp³-hybridized carbons (Fsp3) is 0.0909. The van der Waals surface area contributed by atoms with Crippen LogP contribution >= 0.6 is 0 Å². The molecule has 0 saturated heterocycles. The van der Waals surface area contributed by atoms with Gasteiger partial charge in [0, 0.05) is 23.2 Å². The molecule has 154 valence electrons. The van der Waals surface area contributed by atoms with Gasteiger partial charge in [0.15, 0.2) is 0 Å². The third kappa shape index (κ3) is 4.03. The van der Waals surface area contributed by atoms with Gasteiger partial charge < -0.3 is 20.5 Å². The van der Waals surface area contributed by atoms with E-state index in [9.17, 15) is 14.7 Å². The van der Waals surface area contributed by atoms with E-state index in [4.69, 9.17) is 16.7 Å². The van der Waals surface area contributed by atoms with Crippen LogP contribution in [0.3, 0.4) is 0 Å². The lowest BCUT2D eigenvalue weighted by Gasteiger charge is -2.17. The molecule has 30 heavy (non-hydrogen) atoms. The van der Waals surface area contributed by atoms with E-state index in [1.165, 1.54) is 29.4 Å². The molecule has 0 fully saturated rings. The molecule has 8 nitrogen and oxygen atoms in total. The van der Waals surface area contributed by atoms with E-state index < -0.39 is 11.9 Å². The molecule has 0 spiro atoms. The van der Waals surface area contributed by atoms with Gasteiger partial charge in [-0.3, -0.25) is 5.01 Å². The number of rotatable bonds is 6. The second kappa shape index (κ2) is 8.14. The summed E-state index contributed by atoms with van der Waals surface area (Å²) in [5, 5.41) is 20.0. The van der Waals surface area contributed by atoms with Crippen LogP contribution in [-0.4, -0.2) is 26.7 Å². The Kier molecular flexibility index (Phi) is 5.61. The summed E-state index contributed by atoms with van der Waals surface area (Å²) in [4.78, 5) is 22.9. The van der Waals surface area contributed by atoms with Gasteiger partial charge in [-0.05, 0) is 56.3 Å². The largest absolute Gasteiger partial charge is 0.478 e. The standard InChI is InChI=1S/C22H22N4O4/c1-13-6-7-14(2)26(13)20-11-15(8-9-18(20)22(29)30)19(23)12-25(24)17-5-3-4-16(10-17)21(27)28/h3-12H,23-24H2,1-2H3,(H,27,28)(H,29,30)/b19-12-. The van der Waals surface area contributed by atoms with Gasteiger partial charge in [-0.25, -0.2) is 15.4 Å². The summed E-state index contributed by atoms with van der Waals surface area (Å²) in [5.41, 5.74) is 10.0. The molecule has 0 bridgehead atoms. The van der Waals surface area contributed by atoms with Gasteiger partial charge in [-0.1, -0.05) is 12.1 Å². The second-order valence-corrected chi connectivity index (χ2v) is 6.84. The summed E-state index contributed by atoms with van der Waals surface area (Å²) in [5.74, 6) is 3.94. The molecule has 2 aromatic carbocycles. The van der Waals surface area contributed by atoms with Crippen molar-refractivity contribution in [2.24, 2.45) is 11.6 Å². The van der Waals surface area contributed by atoms with Crippen LogP contribution in [0.25, 0.3) is 11.4 Å². The van der Waals surface area contributed by atoms with Crippen LogP contribution in [0.1, 0.15) is 37.7 Å². The maximum Gasteiger partial charge on any atom is 0.337 e. The monoisotopic (exact) mass is 406 g/mol. The second-order valence-electron chi connectivity index (χ2n) is 6.84. The van der Waals surface area contributed by atoms with Crippen molar-refractivity contribution < 1.29 is 19.8 Å². The Morgan fingerprint density at radius 2 is 1.60 bits per heavy atom. The molecule has 6 N–H and O–H groups in total. The minimum atomic E-state index is -1.06. The van der Waals surface area contributed by atoms with E-state index in [1.807, 2.05) is 30.5 Å². The predicted molar refractivity (Wildman–Crippen MR) is 114 cm³/mol. The summed E-state index contributed by atoms with van der Waals surface area (Å²) in [7, 11) is 0. The van der Waals surface area contributed by atoms with Gasteiger partial charge in [0.05, 0.1) is 28.2 Å². The molecule has 0 saturated carbocycles. The van der Waals surface area contributed by atoms with Crippen LogP contribution in [0.4, 0.5) is 5.69 Å². The number of hydrogen-bond acceptors (Lipinski definition) is 5. The Hall–Kier alpha value is -4.04. The Balaban J connectivity index is 2.03. The Bertz CT molecular complexity index is 1140. The predicted octanol–water partition coefficient (Wildman–Crippen LogP) is 3.13. The highest BCUT2D eigenvalue weighted by atomic mass is 16.4. The maximum atomic E-state index is 11.7. The summed E-state index contributed by atoms with van der Waals surface area (Å²) in [6.07, 6.45) is 1.45. The lowest BCUT2D eigenvalue weighted by molar-refractivity contribution is 0.0686. The number of carbonyl (C=O) groups is 2. The van der Waals surface area contributed by atoms with Crippen molar-refractivity contribution in [2.75, 3.05) is 5.01 Å². The molecule has 0 unspecified atom stereocenters. The molecule has 8 heteroatoms. The quantitative estimate of drug-likeness (QED) is 0.365. The molecular formula is C22H22N4O4. The first-order chi connectivity index (χ1) is 14.2. The average molecular weight is 406 g/mol. The van der Waals surface area contributed by atoms with Crippen molar-refractivity contribution >= 4 is 23.3 Å². The number of aromatic nitrogens is 1. The summed E-state index contributed by atoms with van der Waals surface area (Å²) < 4.78 is 1.84. The summed E-state index contributed by atoms with van der Waals surface area (Å²) in [6, 6.07) is 14.7. The van der Waals surface area contributed by atoms with Gasteiger partial charge in [0.25, 0.3) is 0 Å². The van der Waals surface area contributed by atoms with E-state index in [2.05, 4.69) is 0 Å². The van der Waals surface area contributed by atoms with E-state index >= 15 is 0 Å². The highest BCUT2D eigenvalue weighted by molar-refractivity contribution is 5.93. The van der Waals surface area contributed by atoms with Crippen LogP contribution in [0.5, 0.6) is 0 Å². The van der Waals surface area contributed by atoms with E-state index in [0.717, 1.165) is 11.4 Å². The van der Waals surface area contributed by atoms with Crippen molar-refractivity contribution in [3.05, 3.63) is 88.9 Å². The number of hydrazine groups is 1. The average Bonchev–Trinajstić information content (AvgIpc) is 3.05. The van der Waals surface area contributed by atoms with Gasteiger partial charge in [-0.15, -0.1) is 0 Å². The fourth-order valence-corrected chi connectivity index (χ4v) is 3.22. The van der Waals surface area contributed by atoms with Crippen LogP contribution < -0.4 is 16.6 Å². The number of aryl methyl sites for hydroxylation is 2. The molecule has 3 rings (SSSR count). The zero-order valence-electron chi connectivity index (χ0n) is 16.5. The number of aromatic carboxylic acids is 2. The van der Waals surface area contributed by atoms with E-state index in [0.29, 0.717) is 22.6 Å². The third-order valence-electron chi connectivity index (χ3n) is 4.74. The smallest absolute Gasteiger partial charge is 0.337 e. The van der Waals surface area contributed by atoms with Crippen molar-refractivity contribution in [1.29, 1.82) is 0 Å². The highest BCUT2D eigenvalue weighted by Gasteiger charge is 2.16. The Morgan fingerprint density at radius 1 is 0.933 bits per heavy atom. The number of carboxylic acid groups (broad SMARTS) is 2. The van der Waals surface area contributed by atoms with Crippen molar-refractivity contribution in [1.82, 2.24) is 4.57 Å². The Morgan fingerprint density at radius 3 is 2.20 bits per heavy atom. The number of nitrogens with zero attached hydrogens (tertiary/aromatic N) is 2. The molecule has 0 atom stereocenters. The molecule has 0 amide bonds. The first kappa shape index (κ1) is 20.7. The van der Waals surface area contributed by atoms with Gasteiger partial charge >= 0.3 is 11.9 Å².